The smallest absolute Gasteiger partial charge is 0.254 e. The fourth-order valence-electron chi connectivity index (χ4n) is 3.70. The van der Waals surface area contributed by atoms with Crippen LogP contribution in [0.3, 0.4) is 0 Å². The van der Waals surface area contributed by atoms with E-state index in [0.717, 1.165) is 11.1 Å². The number of piperazine rings is 1. The number of amides is 2. The number of nitrogens with zero attached hydrogens (tertiary/aromatic N) is 3. The number of carbonyl (C=O) groups is 2. The zero-order valence-corrected chi connectivity index (χ0v) is 16.9. The highest BCUT2D eigenvalue weighted by molar-refractivity contribution is 6.31. The molecule has 5 rings (SSSR count). The summed E-state index contributed by atoms with van der Waals surface area (Å²) in [6.45, 7) is 1.79. The molecule has 2 aromatic carbocycles. The Morgan fingerprint density at radius 1 is 1.00 bits per heavy atom. The van der Waals surface area contributed by atoms with Crippen LogP contribution in [0.5, 0.6) is 0 Å². The number of aliphatic hydroxyl groups is 1. The van der Waals surface area contributed by atoms with E-state index in [-0.39, 0.29) is 11.8 Å². The number of oxazole rings is 1. The van der Waals surface area contributed by atoms with Crippen molar-refractivity contribution in [3.05, 3.63) is 53.1 Å². The van der Waals surface area contributed by atoms with Crippen molar-refractivity contribution >= 4 is 34.5 Å². The molecule has 1 aliphatic heterocycles. The molecule has 1 saturated carbocycles. The van der Waals surface area contributed by atoms with Crippen molar-refractivity contribution in [2.75, 3.05) is 26.2 Å². The van der Waals surface area contributed by atoms with Gasteiger partial charge in [0.05, 0.1) is 0 Å². The van der Waals surface area contributed by atoms with Gasteiger partial charge in [-0.05, 0) is 49.2 Å². The summed E-state index contributed by atoms with van der Waals surface area (Å²) >= 11 is 5.99. The van der Waals surface area contributed by atoms with Crippen LogP contribution in [0.15, 0.2) is 46.9 Å². The summed E-state index contributed by atoms with van der Waals surface area (Å²) in [5, 5.41) is 10.6. The first kappa shape index (κ1) is 19.1. The van der Waals surface area contributed by atoms with Crippen LogP contribution in [-0.2, 0) is 4.79 Å². The SMILES string of the molecule is O=C(c1ccc(-c2nc3ccc(Cl)cc3o2)cc1)N1CCN(C(=O)C2(O)CC2)CC1. The van der Waals surface area contributed by atoms with Gasteiger partial charge in [0.1, 0.15) is 11.1 Å². The van der Waals surface area contributed by atoms with E-state index >= 15 is 0 Å². The lowest BCUT2D eigenvalue weighted by atomic mass is 10.1. The van der Waals surface area contributed by atoms with E-state index in [9.17, 15) is 14.7 Å². The van der Waals surface area contributed by atoms with Crippen LogP contribution >= 0.6 is 11.6 Å². The van der Waals surface area contributed by atoms with Gasteiger partial charge in [-0.3, -0.25) is 9.59 Å². The number of halogens is 1. The molecule has 2 fully saturated rings. The van der Waals surface area contributed by atoms with Crippen LogP contribution in [-0.4, -0.2) is 63.5 Å². The number of aromatic nitrogens is 1. The highest BCUT2D eigenvalue weighted by Gasteiger charge is 2.50. The lowest BCUT2D eigenvalue weighted by Crippen LogP contribution is -2.53. The van der Waals surface area contributed by atoms with Crippen molar-refractivity contribution < 1.29 is 19.1 Å². The molecule has 0 atom stereocenters. The Kier molecular flexibility index (Phi) is 4.52. The van der Waals surface area contributed by atoms with Crippen LogP contribution in [0.2, 0.25) is 5.02 Å². The number of benzene rings is 2. The number of carbonyl (C=O) groups excluding carboxylic acids is 2. The van der Waals surface area contributed by atoms with Crippen LogP contribution in [0, 0.1) is 0 Å². The van der Waals surface area contributed by atoms with Gasteiger partial charge in [0.15, 0.2) is 5.58 Å². The Labute approximate surface area is 177 Å². The lowest BCUT2D eigenvalue weighted by Gasteiger charge is -2.35. The molecular weight excluding hydrogens is 406 g/mol. The number of hydrogen-bond acceptors (Lipinski definition) is 5. The van der Waals surface area contributed by atoms with Gasteiger partial charge in [-0.25, -0.2) is 4.98 Å². The molecule has 0 unspecified atom stereocenters. The van der Waals surface area contributed by atoms with Gasteiger partial charge in [-0.1, -0.05) is 11.6 Å². The van der Waals surface area contributed by atoms with Crippen LogP contribution in [0.4, 0.5) is 0 Å². The van der Waals surface area contributed by atoms with Gasteiger partial charge in [-0.15, -0.1) is 0 Å². The molecule has 0 bridgehead atoms. The molecule has 30 heavy (non-hydrogen) atoms. The van der Waals surface area contributed by atoms with Gasteiger partial charge in [0.2, 0.25) is 5.89 Å². The van der Waals surface area contributed by atoms with Gasteiger partial charge in [0.25, 0.3) is 11.8 Å². The molecule has 154 valence electrons. The highest BCUT2D eigenvalue weighted by Crippen LogP contribution is 2.37. The highest BCUT2D eigenvalue weighted by atomic mass is 35.5. The second-order valence-corrected chi connectivity index (χ2v) is 8.26. The van der Waals surface area contributed by atoms with E-state index in [4.69, 9.17) is 16.0 Å². The topological polar surface area (TPSA) is 86.9 Å². The van der Waals surface area contributed by atoms with Gasteiger partial charge < -0.3 is 19.3 Å². The number of hydrogen-bond donors (Lipinski definition) is 1. The second-order valence-electron chi connectivity index (χ2n) is 7.82. The second kappa shape index (κ2) is 7.11. The van der Waals surface area contributed by atoms with Crippen molar-refractivity contribution in [2.24, 2.45) is 0 Å². The van der Waals surface area contributed by atoms with E-state index in [2.05, 4.69) is 4.98 Å². The summed E-state index contributed by atoms with van der Waals surface area (Å²) in [4.78, 5) is 32.9. The summed E-state index contributed by atoms with van der Waals surface area (Å²) in [7, 11) is 0. The van der Waals surface area contributed by atoms with Crippen molar-refractivity contribution in [1.82, 2.24) is 14.8 Å². The monoisotopic (exact) mass is 425 g/mol. The first-order chi connectivity index (χ1) is 14.4. The van der Waals surface area contributed by atoms with E-state index in [1.807, 2.05) is 12.1 Å². The van der Waals surface area contributed by atoms with Crippen LogP contribution < -0.4 is 0 Å². The fourth-order valence-corrected chi connectivity index (χ4v) is 3.86. The molecular formula is C22H20ClN3O4. The van der Waals surface area contributed by atoms with Gasteiger partial charge in [-0.2, -0.15) is 0 Å². The van der Waals surface area contributed by atoms with Crippen molar-refractivity contribution in [1.29, 1.82) is 0 Å². The molecule has 0 radical (unpaired) electrons. The van der Waals surface area contributed by atoms with Crippen molar-refractivity contribution in [2.45, 2.75) is 18.4 Å². The molecule has 2 heterocycles. The Morgan fingerprint density at radius 2 is 1.67 bits per heavy atom. The number of rotatable bonds is 3. The maximum atomic E-state index is 12.8. The molecule has 1 saturated heterocycles. The third-order valence-electron chi connectivity index (χ3n) is 5.71. The predicted molar refractivity (Wildman–Crippen MR) is 111 cm³/mol. The summed E-state index contributed by atoms with van der Waals surface area (Å²) in [5.41, 5.74) is 1.52. The number of fused-ring (bicyclic) bond motifs is 1. The molecule has 7 nitrogen and oxygen atoms in total. The average Bonchev–Trinajstić information content (AvgIpc) is 3.38. The van der Waals surface area contributed by atoms with Crippen LogP contribution in [0.25, 0.3) is 22.6 Å². The fraction of sp³-hybridized carbons (Fsp3) is 0.318. The zero-order valence-electron chi connectivity index (χ0n) is 16.2. The summed E-state index contributed by atoms with van der Waals surface area (Å²) < 4.78 is 5.77. The quantitative estimate of drug-likeness (QED) is 0.697. The molecule has 3 aromatic rings. The normalized spacial score (nSPS) is 17.9. The largest absolute Gasteiger partial charge is 0.436 e. The molecule has 2 amide bonds. The van der Waals surface area contributed by atoms with Crippen molar-refractivity contribution in [3.8, 4) is 11.5 Å². The minimum absolute atomic E-state index is 0.0804. The average molecular weight is 426 g/mol. The van der Waals surface area contributed by atoms with E-state index < -0.39 is 5.60 Å². The minimum Gasteiger partial charge on any atom is -0.436 e. The first-order valence-corrected chi connectivity index (χ1v) is 10.3. The Hall–Kier alpha value is -2.90. The van der Waals surface area contributed by atoms with Crippen LogP contribution in [0.1, 0.15) is 23.2 Å². The van der Waals surface area contributed by atoms with E-state index in [1.165, 1.54) is 0 Å². The molecule has 0 spiro atoms. The van der Waals surface area contributed by atoms with Crippen molar-refractivity contribution in [3.63, 3.8) is 0 Å². The molecule has 1 aromatic heterocycles. The predicted octanol–water partition coefficient (Wildman–Crippen LogP) is 2.96. The summed E-state index contributed by atoms with van der Waals surface area (Å²) in [6.07, 6.45) is 1.06. The minimum atomic E-state index is -1.15. The lowest BCUT2D eigenvalue weighted by molar-refractivity contribution is -0.143. The Bertz CT molecular complexity index is 1130. The summed E-state index contributed by atoms with van der Waals surface area (Å²) in [6, 6.07) is 12.4. The third-order valence-corrected chi connectivity index (χ3v) is 5.94. The van der Waals surface area contributed by atoms with E-state index in [0.29, 0.717) is 61.1 Å². The maximum Gasteiger partial charge on any atom is 0.254 e. The Morgan fingerprint density at radius 3 is 2.33 bits per heavy atom. The van der Waals surface area contributed by atoms with E-state index in [1.54, 1.807) is 40.1 Å². The molecule has 2 aliphatic rings. The summed E-state index contributed by atoms with van der Waals surface area (Å²) in [5.74, 6) is 0.179. The first-order valence-electron chi connectivity index (χ1n) is 9.90. The van der Waals surface area contributed by atoms with Gasteiger partial charge in [0, 0.05) is 48.4 Å². The third kappa shape index (κ3) is 3.44. The molecule has 1 aliphatic carbocycles. The molecule has 1 N–H and O–H groups in total. The zero-order chi connectivity index (χ0) is 20.9. The standard InChI is InChI=1S/C22H20ClN3O4/c23-16-5-6-17-18(13-16)30-19(24-17)14-1-3-15(4-2-14)20(27)25-9-11-26(12-10-25)21(28)22(29)7-8-22/h1-6,13,29H,7-12H2. The van der Waals surface area contributed by atoms with Gasteiger partial charge >= 0.3 is 0 Å². The Balaban J connectivity index is 1.26. The maximum absolute atomic E-state index is 12.8. The molecule has 8 heteroatoms.